The maximum Gasteiger partial charge on any atom is 0.805 e. The van der Waals surface area contributed by atoms with Crippen molar-refractivity contribution in [2.75, 3.05) is 0 Å². The zero-order chi connectivity index (χ0) is 25.9. The monoisotopic (exact) mass is 497 g/mol. The fraction of sp³-hybridized carbons (Fsp3) is 0. The fourth-order valence-electron chi connectivity index (χ4n) is 2.53. The minimum absolute atomic E-state index is 0.416. The minimum Gasteiger partial charge on any atom is -0.478 e. The van der Waals surface area contributed by atoms with E-state index in [1.165, 1.54) is 0 Å². The van der Waals surface area contributed by atoms with Crippen molar-refractivity contribution in [1.82, 2.24) is 0 Å². The summed E-state index contributed by atoms with van der Waals surface area (Å²) in [6.45, 7) is 0. The van der Waals surface area contributed by atoms with Crippen molar-refractivity contribution in [2.45, 2.75) is 0 Å². The molecule has 2 aromatic carbocycles. The van der Waals surface area contributed by atoms with Crippen molar-refractivity contribution in [3.8, 4) is 11.5 Å². The summed E-state index contributed by atoms with van der Waals surface area (Å²) in [5.41, 5.74) is -5.64. The SMILES string of the molecule is O=C(O)c1cc(C(=O)O)c(C(=O)O)cc1O[P+](=O)Oc1cc(C(=O)O)c(C(=O)O)cc1C(=O)O. The highest BCUT2D eigenvalue weighted by Gasteiger charge is 2.34. The molecular formula is C18H10O15P+. The van der Waals surface area contributed by atoms with Crippen molar-refractivity contribution < 1.29 is 73.0 Å². The molecular weight excluding hydrogens is 487 g/mol. The standard InChI is InChI=1S/C18H9O15P/c19-13(20)5-1-9(17(27)28)11(3-7(5)15(23)24)32-34(31)33-12-4-8(16(25)26)6(14(21)22)2-10(12)18(29)30/h1-4H,(H5-,19,20,21,22,23,24,25,26,27,28,29,30)/p+1. The highest BCUT2D eigenvalue weighted by molar-refractivity contribution is 7.34. The number of carboxylic acids is 6. The van der Waals surface area contributed by atoms with E-state index >= 15 is 0 Å². The first-order valence-electron chi connectivity index (χ1n) is 8.33. The van der Waals surface area contributed by atoms with E-state index in [4.69, 9.17) is 29.5 Å². The second kappa shape index (κ2) is 9.62. The number of hydrogen-bond donors (Lipinski definition) is 6. The van der Waals surface area contributed by atoms with Crippen LogP contribution in [0.2, 0.25) is 0 Å². The summed E-state index contributed by atoms with van der Waals surface area (Å²) < 4.78 is 21.8. The van der Waals surface area contributed by atoms with Crippen molar-refractivity contribution >= 4 is 44.1 Å². The van der Waals surface area contributed by atoms with Crippen LogP contribution in [-0.2, 0) is 4.57 Å². The van der Waals surface area contributed by atoms with Gasteiger partial charge in [0.2, 0.25) is 11.5 Å². The topological polar surface area (TPSA) is 259 Å². The predicted octanol–water partition coefficient (Wildman–Crippen LogP) is 1.99. The number of rotatable bonds is 10. The molecule has 0 heterocycles. The van der Waals surface area contributed by atoms with Crippen LogP contribution in [0.3, 0.4) is 0 Å². The fourth-order valence-corrected chi connectivity index (χ4v) is 3.19. The van der Waals surface area contributed by atoms with Crippen LogP contribution in [0.15, 0.2) is 24.3 Å². The summed E-state index contributed by atoms with van der Waals surface area (Å²) in [4.78, 5) is 67.9. The van der Waals surface area contributed by atoms with Gasteiger partial charge in [0.15, 0.2) is 0 Å². The third-order valence-corrected chi connectivity index (χ3v) is 4.66. The first kappa shape index (κ1) is 25.2. The van der Waals surface area contributed by atoms with E-state index in [9.17, 15) is 43.5 Å². The molecule has 0 bridgehead atoms. The Labute approximate surface area is 187 Å². The molecule has 0 fully saturated rings. The van der Waals surface area contributed by atoms with Gasteiger partial charge < -0.3 is 30.6 Å². The number of carboxylic acid groups (broad SMARTS) is 6. The summed E-state index contributed by atoms with van der Waals surface area (Å²) >= 11 is 0. The van der Waals surface area contributed by atoms with E-state index in [1.807, 2.05) is 0 Å². The van der Waals surface area contributed by atoms with Gasteiger partial charge in [-0.2, -0.15) is 0 Å². The Morgan fingerprint density at radius 2 is 0.706 bits per heavy atom. The Morgan fingerprint density at radius 3 is 0.941 bits per heavy atom. The molecule has 0 radical (unpaired) electrons. The lowest BCUT2D eigenvalue weighted by Crippen LogP contribution is -2.13. The Kier molecular flexibility index (Phi) is 7.14. The van der Waals surface area contributed by atoms with E-state index in [0.717, 1.165) is 0 Å². The minimum atomic E-state index is -3.59. The van der Waals surface area contributed by atoms with Gasteiger partial charge >= 0.3 is 44.1 Å². The average Bonchev–Trinajstić information content (AvgIpc) is 2.71. The molecule has 0 saturated heterocycles. The van der Waals surface area contributed by atoms with Crippen molar-refractivity contribution in [3.63, 3.8) is 0 Å². The van der Waals surface area contributed by atoms with Gasteiger partial charge in [-0.05, 0) is 12.1 Å². The van der Waals surface area contributed by atoms with Crippen LogP contribution < -0.4 is 9.05 Å². The molecule has 0 aliphatic rings. The molecule has 6 N–H and O–H groups in total. The van der Waals surface area contributed by atoms with Crippen LogP contribution in [0.4, 0.5) is 0 Å². The van der Waals surface area contributed by atoms with Crippen LogP contribution >= 0.6 is 8.25 Å². The predicted molar refractivity (Wildman–Crippen MR) is 104 cm³/mol. The molecule has 0 amide bonds. The second-order valence-corrected chi connectivity index (χ2v) is 6.84. The first-order valence-corrected chi connectivity index (χ1v) is 9.43. The summed E-state index contributed by atoms with van der Waals surface area (Å²) in [7, 11) is -3.59. The zero-order valence-corrected chi connectivity index (χ0v) is 17.0. The Hall–Kier alpha value is -5.04. The molecule has 2 rings (SSSR count). The molecule has 0 saturated carbocycles. The molecule has 0 aliphatic carbocycles. The zero-order valence-electron chi connectivity index (χ0n) is 16.1. The molecule has 0 atom stereocenters. The van der Waals surface area contributed by atoms with Gasteiger partial charge in [0.1, 0.15) is 11.1 Å². The molecule has 16 heteroatoms. The van der Waals surface area contributed by atoms with E-state index < -0.39 is 89.0 Å². The molecule has 0 unspecified atom stereocenters. The van der Waals surface area contributed by atoms with Gasteiger partial charge in [-0.15, -0.1) is 0 Å². The number of aromatic carboxylic acids is 6. The van der Waals surface area contributed by atoms with Gasteiger partial charge in [0, 0.05) is 16.7 Å². The molecule has 0 aliphatic heterocycles. The van der Waals surface area contributed by atoms with Crippen LogP contribution in [0, 0.1) is 0 Å². The van der Waals surface area contributed by atoms with Crippen LogP contribution in [0.1, 0.15) is 62.1 Å². The summed E-state index contributed by atoms with van der Waals surface area (Å²) in [5, 5.41) is 54.9. The third-order valence-electron chi connectivity index (χ3n) is 3.97. The molecule has 176 valence electrons. The van der Waals surface area contributed by atoms with Crippen molar-refractivity contribution in [2.24, 2.45) is 0 Å². The molecule has 0 spiro atoms. The van der Waals surface area contributed by atoms with Crippen LogP contribution in [0.25, 0.3) is 0 Å². The van der Waals surface area contributed by atoms with E-state index in [2.05, 4.69) is 0 Å². The maximum atomic E-state index is 12.3. The van der Waals surface area contributed by atoms with Crippen LogP contribution in [-0.4, -0.2) is 66.5 Å². The molecule has 2 aromatic rings. The van der Waals surface area contributed by atoms with Gasteiger partial charge in [0.05, 0.1) is 22.3 Å². The summed E-state index contributed by atoms with van der Waals surface area (Å²) in [6, 6.07) is 1.69. The lowest BCUT2D eigenvalue weighted by atomic mass is 10.0. The molecule has 34 heavy (non-hydrogen) atoms. The van der Waals surface area contributed by atoms with Gasteiger partial charge in [-0.3, -0.25) is 0 Å². The quantitative estimate of drug-likeness (QED) is 0.256. The van der Waals surface area contributed by atoms with Crippen molar-refractivity contribution in [3.05, 3.63) is 57.6 Å². The molecule has 0 aromatic heterocycles. The van der Waals surface area contributed by atoms with E-state index in [1.54, 1.807) is 0 Å². The van der Waals surface area contributed by atoms with E-state index in [-0.39, 0.29) is 0 Å². The van der Waals surface area contributed by atoms with E-state index in [0.29, 0.717) is 24.3 Å². The highest BCUT2D eigenvalue weighted by atomic mass is 31.1. The third kappa shape index (κ3) is 5.23. The highest BCUT2D eigenvalue weighted by Crippen LogP contribution is 2.37. The molecule has 15 nitrogen and oxygen atoms in total. The Bertz CT molecular complexity index is 1200. The maximum absolute atomic E-state index is 12.3. The summed E-state index contributed by atoms with van der Waals surface area (Å²) in [5.74, 6) is -12.7. The smallest absolute Gasteiger partial charge is 0.478 e. The Balaban J connectivity index is 2.56. The average molecular weight is 497 g/mol. The van der Waals surface area contributed by atoms with Crippen molar-refractivity contribution in [1.29, 1.82) is 0 Å². The van der Waals surface area contributed by atoms with Gasteiger partial charge in [0.25, 0.3) is 0 Å². The lowest BCUT2D eigenvalue weighted by Gasteiger charge is -2.07. The normalized spacial score (nSPS) is 10.1. The number of benzene rings is 2. The Morgan fingerprint density at radius 1 is 0.471 bits per heavy atom. The van der Waals surface area contributed by atoms with Gasteiger partial charge in [-0.1, -0.05) is 0 Å². The van der Waals surface area contributed by atoms with Gasteiger partial charge in [-0.25, -0.2) is 37.8 Å². The largest absolute Gasteiger partial charge is 0.805 e. The van der Waals surface area contributed by atoms with Crippen LogP contribution in [0.5, 0.6) is 11.5 Å². The first-order chi connectivity index (χ1) is 15.7. The second-order valence-electron chi connectivity index (χ2n) is 6.02. The number of carbonyl (C=O) groups is 6. The summed E-state index contributed by atoms with van der Waals surface area (Å²) in [6.07, 6.45) is 0. The lowest BCUT2D eigenvalue weighted by molar-refractivity contribution is 0.0648. The number of hydrogen-bond acceptors (Lipinski definition) is 9.